The number of nitrogens with zero attached hydrogens (tertiary/aromatic N) is 1. The van der Waals surface area contributed by atoms with E-state index in [0.717, 1.165) is 18.2 Å². The second-order valence-electron chi connectivity index (χ2n) is 3.51. The first-order valence-corrected chi connectivity index (χ1v) is 5.75. The lowest BCUT2D eigenvalue weighted by Gasteiger charge is -2.03. The SMILES string of the molecule is CNCc1[nH]c(Br)nc1-c1cc(F)ccc1F. The van der Waals surface area contributed by atoms with Crippen LogP contribution in [0.25, 0.3) is 11.3 Å². The molecule has 1 aromatic heterocycles. The third-order valence-electron chi connectivity index (χ3n) is 2.29. The highest BCUT2D eigenvalue weighted by Crippen LogP contribution is 2.26. The fraction of sp³-hybridized carbons (Fsp3) is 0.182. The summed E-state index contributed by atoms with van der Waals surface area (Å²) in [5.74, 6) is -0.987. The molecule has 2 N–H and O–H groups in total. The lowest BCUT2D eigenvalue weighted by atomic mass is 10.1. The summed E-state index contributed by atoms with van der Waals surface area (Å²) in [4.78, 5) is 7.06. The third-order valence-corrected chi connectivity index (χ3v) is 2.66. The van der Waals surface area contributed by atoms with E-state index in [0.29, 0.717) is 22.7 Å². The van der Waals surface area contributed by atoms with Crippen LogP contribution in [0.15, 0.2) is 22.9 Å². The van der Waals surface area contributed by atoms with E-state index in [1.54, 1.807) is 7.05 Å². The van der Waals surface area contributed by atoms with Crippen LogP contribution in [0.5, 0.6) is 0 Å². The summed E-state index contributed by atoms with van der Waals surface area (Å²) in [5, 5.41) is 2.93. The van der Waals surface area contributed by atoms with Gasteiger partial charge in [0.2, 0.25) is 0 Å². The molecule has 0 aliphatic carbocycles. The molecule has 0 saturated heterocycles. The van der Waals surface area contributed by atoms with Crippen molar-refractivity contribution in [1.29, 1.82) is 0 Å². The quantitative estimate of drug-likeness (QED) is 0.915. The number of imidazole rings is 1. The summed E-state index contributed by atoms with van der Waals surface area (Å²) >= 11 is 3.18. The van der Waals surface area contributed by atoms with E-state index in [9.17, 15) is 8.78 Å². The highest BCUT2D eigenvalue weighted by molar-refractivity contribution is 9.10. The monoisotopic (exact) mass is 301 g/mol. The van der Waals surface area contributed by atoms with Crippen LogP contribution in [0.2, 0.25) is 0 Å². The lowest BCUT2D eigenvalue weighted by molar-refractivity contribution is 0.602. The molecule has 17 heavy (non-hydrogen) atoms. The van der Waals surface area contributed by atoms with Crippen molar-refractivity contribution in [1.82, 2.24) is 15.3 Å². The van der Waals surface area contributed by atoms with Crippen molar-refractivity contribution in [2.45, 2.75) is 6.54 Å². The average Bonchev–Trinajstić information content (AvgIpc) is 2.64. The fourth-order valence-electron chi connectivity index (χ4n) is 1.58. The van der Waals surface area contributed by atoms with Gasteiger partial charge in [0.25, 0.3) is 0 Å². The molecule has 0 amide bonds. The molecule has 0 saturated carbocycles. The summed E-state index contributed by atoms with van der Waals surface area (Å²) in [6, 6.07) is 3.31. The van der Waals surface area contributed by atoms with Crippen LogP contribution < -0.4 is 5.32 Å². The Bertz CT molecular complexity index is 540. The molecule has 90 valence electrons. The van der Waals surface area contributed by atoms with Gasteiger partial charge in [-0.3, -0.25) is 0 Å². The van der Waals surface area contributed by atoms with E-state index in [4.69, 9.17) is 0 Å². The van der Waals surface area contributed by atoms with E-state index >= 15 is 0 Å². The maximum absolute atomic E-state index is 13.6. The van der Waals surface area contributed by atoms with Crippen molar-refractivity contribution in [3.63, 3.8) is 0 Å². The van der Waals surface area contributed by atoms with Gasteiger partial charge in [0.1, 0.15) is 11.6 Å². The second kappa shape index (κ2) is 4.93. The first-order valence-electron chi connectivity index (χ1n) is 4.96. The molecule has 0 unspecified atom stereocenters. The molecule has 1 aromatic carbocycles. The molecule has 0 bridgehead atoms. The Morgan fingerprint density at radius 1 is 1.41 bits per heavy atom. The van der Waals surface area contributed by atoms with Gasteiger partial charge in [0.05, 0.1) is 11.4 Å². The van der Waals surface area contributed by atoms with E-state index in [-0.39, 0.29) is 5.56 Å². The van der Waals surface area contributed by atoms with E-state index in [1.165, 1.54) is 0 Å². The minimum Gasteiger partial charge on any atom is -0.335 e. The molecule has 0 aliphatic rings. The number of hydrogen-bond acceptors (Lipinski definition) is 2. The zero-order chi connectivity index (χ0) is 12.4. The predicted octanol–water partition coefficient (Wildman–Crippen LogP) is 2.84. The van der Waals surface area contributed by atoms with Gasteiger partial charge >= 0.3 is 0 Å². The van der Waals surface area contributed by atoms with E-state index in [2.05, 4.69) is 31.2 Å². The van der Waals surface area contributed by atoms with E-state index in [1.807, 2.05) is 0 Å². The molecular weight excluding hydrogens is 292 g/mol. The summed E-state index contributed by atoms with van der Waals surface area (Å²) < 4.78 is 27.2. The molecule has 6 heteroatoms. The maximum atomic E-state index is 13.6. The zero-order valence-electron chi connectivity index (χ0n) is 9.02. The zero-order valence-corrected chi connectivity index (χ0v) is 10.6. The van der Waals surface area contributed by atoms with Crippen molar-refractivity contribution in [2.24, 2.45) is 0 Å². The van der Waals surface area contributed by atoms with Gasteiger partial charge in [-0.05, 0) is 41.2 Å². The molecule has 3 nitrogen and oxygen atoms in total. The standard InChI is InChI=1S/C11H10BrF2N3/c1-15-5-9-10(17-11(12)16-9)7-4-6(13)2-3-8(7)14/h2-4,15H,5H2,1H3,(H,16,17). The van der Waals surface area contributed by atoms with Crippen molar-refractivity contribution < 1.29 is 8.78 Å². The van der Waals surface area contributed by atoms with Crippen LogP contribution in [-0.4, -0.2) is 17.0 Å². The normalized spacial score (nSPS) is 10.8. The van der Waals surface area contributed by atoms with Crippen molar-refractivity contribution in [2.75, 3.05) is 7.05 Å². The molecule has 0 fully saturated rings. The maximum Gasteiger partial charge on any atom is 0.175 e. The summed E-state index contributed by atoms with van der Waals surface area (Å²) in [6.07, 6.45) is 0. The van der Waals surface area contributed by atoms with Crippen LogP contribution in [0, 0.1) is 11.6 Å². The highest BCUT2D eigenvalue weighted by atomic mass is 79.9. The Morgan fingerprint density at radius 3 is 2.88 bits per heavy atom. The van der Waals surface area contributed by atoms with Gasteiger partial charge in [-0.15, -0.1) is 0 Å². The molecule has 0 aliphatic heterocycles. The Balaban J connectivity index is 2.55. The molecule has 0 radical (unpaired) electrons. The van der Waals surface area contributed by atoms with Crippen LogP contribution in [-0.2, 0) is 6.54 Å². The highest BCUT2D eigenvalue weighted by Gasteiger charge is 2.15. The number of hydrogen-bond donors (Lipinski definition) is 2. The van der Waals surface area contributed by atoms with Crippen LogP contribution in [0.3, 0.4) is 0 Å². The Hall–Kier alpha value is -1.27. The van der Waals surface area contributed by atoms with Gasteiger partial charge < -0.3 is 10.3 Å². The number of H-pyrrole nitrogens is 1. The van der Waals surface area contributed by atoms with Crippen LogP contribution in [0.1, 0.15) is 5.69 Å². The van der Waals surface area contributed by atoms with Crippen molar-refractivity contribution >= 4 is 15.9 Å². The summed E-state index contributed by atoms with van der Waals surface area (Å²) in [7, 11) is 1.76. The van der Waals surface area contributed by atoms with E-state index < -0.39 is 11.6 Å². The van der Waals surface area contributed by atoms with Crippen LogP contribution in [0.4, 0.5) is 8.78 Å². The molecule has 0 spiro atoms. The average molecular weight is 302 g/mol. The third kappa shape index (κ3) is 2.53. The smallest absolute Gasteiger partial charge is 0.175 e. The van der Waals surface area contributed by atoms with Crippen LogP contribution >= 0.6 is 15.9 Å². The number of benzene rings is 1. The van der Waals surface area contributed by atoms with Crippen molar-refractivity contribution in [3.8, 4) is 11.3 Å². The minimum absolute atomic E-state index is 0.150. The van der Waals surface area contributed by atoms with Gasteiger partial charge in [0, 0.05) is 12.1 Å². The number of halogens is 3. The number of aromatic amines is 1. The molecule has 2 aromatic rings. The van der Waals surface area contributed by atoms with Crippen molar-refractivity contribution in [3.05, 3.63) is 40.3 Å². The molecule has 1 heterocycles. The first kappa shape index (κ1) is 12.2. The Labute approximate surface area is 105 Å². The topological polar surface area (TPSA) is 40.7 Å². The lowest BCUT2D eigenvalue weighted by Crippen LogP contribution is -2.06. The summed E-state index contributed by atoms with van der Waals surface area (Å²) in [5.41, 5.74) is 1.25. The molecule has 0 atom stereocenters. The van der Waals surface area contributed by atoms with Gasteiger partial charge in [0.15, 0.2) is 4.73 Å². The van der Waals surface area contributed by atoms with Gasteiger partial charge in [-0.25, -0.2) is 13.8 Å². The number of rotatable bonds is 3. The minimum atomic E-state index is -0.497. The predicted molar refractivity (Wildman–Crippen MR) is 64.4 cm³/mol. The summed E-state index contributed by atoms with van der Waals surface area (Å²) in [6.45, 7) is 0.490. The van der Waals surface area contributed by atoms with Gasteiger partial charge in [-0.2, -0.15) is 0 Å². The number of nitrogens with one attached hydrogen (secondary N) is 2. The Morgan fingerprint density at radius 2 is 2.18 bits per heavy atom. The second-order valence-corrected chi connectivity index (χ2v) is 4.26. The molecule has 2 rings (SSSR count). The first-order chi connectivity index (χ1) is 8.11. The largest absolute Gasteiger partial charge is 0.335 e. The Kier molecular flexibility index (Phi) is 3.54. The molecular formula is C11H10BrF2N3. The number of aromatic nitrogens is 2. The fourth-order valence-corrected chi connectivity index (χ4v) is 2.00. The van der Waals surface area contributed by atoms with Gasteiger partial charge in [-0.1, -0.05) is 0 Å².